The highest BCUT2D eigenvalue weighted by molar-refractivity contribution is 7.17. The van der Waals surface area contributed by atoms with E-state index in [9.17, 15) is 14.0 Å². The van der Waals surface area contributed by atoms with Gasteiger partial charge < -0.3 is 10.1 Å². The fourth-order valence-electron chi connectivity index (χ4n) is 2.88. The summed E-state index contributed by atoms with van der Waals surface area (Å²) in [5, 5.41) is 3.33. The number of rotatable bonds is 5. The average molecular weight is 373 g/mol. The van der Waals surface area contributed by atoms with Crippen LogP contribution < -0.4 is 5.32 Å². The molecule has 0 atom stereocenters. The normalized spacial score (nSPS) is 13.2. The third kappa shape index (κ3) is 4.19. The van der Waals surface area contributed by atoms with Crippen molar-refractivity contribution in [3.8, 4) is 0 Å². The predicted octanol–water partition coefficient (Wildman–Crippen LogP) is 4.59. The highest BCUT2D eigenvalue weighted by Gasteiger charge is 2.28. The van der Waals surface area contributed by atoms with Crippen LogP contribution in [0.15, 0.2) is 30.3 Å². The highest BCUT2D eigenvalue weighted by Crippen LogP contribution is 2.39. The number of carbonyl (C=O) groups is 2. The molecule has 1 aromatic carbocycles. The number of thiophene rings is 1. The minimum atomic E-state index is -0.391. The number of amides is 1. The molecule has 1 amide bonds. The van der Waals surface area contributed by atoms with Gasteiger partial charge in [-0.3, -0.25) is 4.79 Å². The number of hydrogen-bond donors (Lipinski definition) is 1. The molecule has 0 bridgehead atoms. The van der Waals surface area contributed by atoms with E-state index in [1.54, 1.807) is 32.1 Å². The second-order valence-electron chi connectivity index (χ2n) is 6.39. The number of aryl methyl sites for hydroxylation is 1. The summed E-state index contributed by atoms with van der Waals surface area (Å²) in [5.41, 5.74) is 2.20. The van der Waals surface area contributed by atoms with Gasteiger partial charge in [-0.15, -0.1) is 11.3 Å². The number of nitrogens with one attached hydrogen (secondary N) is 1. The summed E-state index contributed by atoms with van der Waals surface area (Å²) in [6, 6.07) is 5.84. The first kappa shape index (κ1) is 18.3. The maximum Gasteiger partial charge on any atom is 0.341 e. The number of halogens is 1. The Balaban J connectivity index is 1.77. The van der Waals surface area contributed by atoms with Crippen molar-refractivity contribution in [2.24, 2.45) is 0 Å². The molecular weight excluding hydrogens is 353 g/mol. The SMILES string of the molecule is CC(C)OC(=O)c1c(NC(=O)C=Cc2ccc(F)cc2)sc2c1CCC2. The average Bonchev–Trinajstić information content (AvgIpc) is 3.14. The summed E-state index contributed by atoms with van der Waals surface area (Å²) < 4.78 is 18.3. The van der Waals surface area contributed by atoms with E-state index in [1.165, 1.54) is 29.5 Å². The summed E-state index contributed by atoms with van der Waals surface area (Å²) in [5.74, 6) is -1.06. The van der Waals surface area contributed by atoms with Crippen molar-refractivity contribution in [2.45, 2.75) is 39.2 Å². The van der Waals surface area contributed by atoms with Crippen molar-refractivity contribution in [2.75, 3.05) is 5.32 Å². The van der Waals surface area contributed by atoms with Crippen LogP contribution in [0.1, 0.15) is 46.6 Å². The van der Waals surface area contributed by atoms with Gasteiger partial charge in [0.05, 0.1) is 11.7 Å². The molecule has 26 heavy (non-hydrogen) atoms. The van der Waals surface area contributed by atoms with E-state index in [0.717, 1.165) is 35.3 Å². The molecule has 2 aromatic rings. The molecule has 1 aromatic heterocycles. The summed E-state index contributed by atoms with van der Waals surface area (Å²) in [6.45, 7) is 3.60. The first-order valence-electron chi connectivity index (χ1n) is 8.54. The zero-order valence-electron chi connectivity index (χ0n) is 14.7. The number of ether oxygens (including phenoxy) is 1. The van der Waals surface area contributed by atoms with Crippen LogP contribution in [0.25, 0.3) is 6.08 Å². The number of hydrogen-bond acceptors (Lipinski definition) is 4. The van der Waals surface area contributed by atoms with Crippen LogP contribution in [0.2, 0.25) is 0 Å². The van der Waals surface area contributed by atoms with Gasteiger partial charge in [-0.25, -0.2) is 9.18 Å². The molecule has 0 unspecified atom stereocenters. The Morgan fingerprint density at radius 3 is 2.65 bits per heavy atom. The summed E-state index contributed by atoms with van der Waals surface area (Å²) >= 11 is 1.44. The Kier molecular flexibility index (Phi) is 5.52. The van der Waals surface area contributed by atoms with Gasteiger partial charge in [-0.05, 0) is 62.4 Å². The van der Waals surface area contributed by atoms with Crippen LogP contribution in [0, 0.1) is 5.82 Å². The van der Waals surface area contributed by atoms with Crippen LogP contribution >= 0.6 is 11.3 Å². The monoisotopic (exact) mass is 373 g/mol. The summed E-state index contributed by atoms with van der Waals surface area (Å²) in [6.07, 6.45) is 5.51. The largest absolute Gasteiger partial charge is 0.459 e. The van der Waals surface area contributed by atoms with Crippen LogP contribution in [0.3, 0.4) is 0 Å². The van der Waals surface area contributed by atoms with Crippen LogP contribution in [-0.4, -0.2) is 18.0 Å². The lowest BCUT2D eigenvalue weighted by Crippen LogP contribution is -2.16. The third-order valence-corrected chi connectivity index (χ3v) is 5.21. The van der Waals surface area contributed by atoms with E-state index in [0.29, 0.717) is 10.6 Å². The predicted molar refractivity (Wildman–Crippen MR) is 101 cm³/mol. The Hall–Kier alpha value is -2.47. The molecule has 1 N–H and O–H groups in total. The van der Waals surface area contributed by atoms with Gasteiger partial charge >= 0.3 is 5.97 Å². The molecule has 0 aliphatic heterocycles. The lowest BCUT2D eigenvalue weighted by atomic mass is 10.1. The minimum absolute atomic E-state index is 0.221. The van der Waals surface area contributed by atoms with E-state index in [1.807, 2.05) is 0 Å². The molecule has 0 saturated carbocycles. The van der Waals surface area contributed by atoms with Crippen molar-refractivity contribution in [3.63, 3.8) is 0 Å². The number of fused-ring (bicyclic) bond motifs is 1. The van der Waals surface area contributed by atoms with Crippen LogP contribution in [0.4, 0.5) is 9.39 Å². The van der Waals surface area contributed by atoms with Gasteiger partial charge in [0.1, 0.15) is 10.8 Å². The topological polar surface area (TPSA) is 55.4 Å². The molecule has 0 radical (unpaired) electrons. The van der Waals surface area contributed by atoms with Crippen molar-refractivity contribution in [1.29, 1.82) is 0 Å². The van der Waals surface area contributed by atoms with E-state index in [-0.39, 0.29) is 17.8 Å². The fraction of sp³-hybridized carbons (Fsp3) is 0.300. The summed E-state index contributed by atoms with van der Waals surface area (Å²) in [7, 11) is 0. The smallest absolute Gasteiger partial charge is 0.341 e. The molecule has 0 saturated heterocycles. The first-order valence-corrected chi connectivity index (χ1v) is 9.36. The first-order chi connectivity index (χ1) is 12.4. The summed E-state index contributed by atoms with van der Waals surface area (Å²) in [4.78, 5) is 25.9. The zero-order chi connectivity index (χ0) is 18.7. The molecule has 0 spiro atoms. The van der Waals surface area contributed by atoms with Crippen LogP contribution in [-0.2, 0) is 22.4 Å². The van der Waals surface area contributed by atoms with Crippen molar-refractivity contribution < 1.29 is 18.7 Å². The Morgan fingerprint density at radius 2 is 1.96 bits per heavy atom. The Morgan fingerprint density at radius 1 is 1.23 bits per heavy atom. The van der Waals surface area contributed by atoms with Gasteiger partial charge in [0.25, 0.3) is 0 Å². The van der Waals surface area contributed by atoms with E-state index in [2.05, 4.69) is 5.32 Å². The Labute approximate surface area is 155 Å². The number of carbonyl (C=O) groups excluding carboxylic acids is 2. The van der Waals surface area contributed by atoms with E-state index < -0.39 is 5.97 Å². The van der Waals surface area contributed by atoms with Crippen molar-refractivity contribution >= 4 is 34.3 Å². The number of anilines is 1. The standard InChI is InChI=1S/C20H20FNO3S/c1-12(2)25-20(24)18-15-4-3-5-16(15)26-19(18)22-17(23)11-8-13-6-9-14(21)10-7-13/h6-12H,3-5H2,1-2H3,(H,22,23). The van der Waals surface area contributed by atoms with Gasteiger partial charge in [0, 0.05) is 11.0 Å². The lowest BCUT2D eigenvalue weighted by molar-refractivity contribution is -0.111. The number of esters is 1. The highest BCUT2D eigenvalue weighted by atomic mass is 32.1. The molecule has 1 heterocycles. The van der Waals surface area contributed by atoms with Crippen molar-refractivity contribution in [3.05, 3.63) is 57.7 Å². The molecule has 136 valence electrons. The van der Waals surface area contributed by atoms with Gasteiger partial charge in [0.15, 0.2) is 0 Å². The molecule has 6 heteroatoms. The molecule has 1 aliphatic rings. The van der Waals surface area contributed by atoms with Gasteiger partial charge in [-0.1, -0.05) is 12.1 Å². The molecule has 3 rings (SSSR count). The maximum atomic E-state index is 12.9. The third-order valence-electron chi connectivity index (χ3n) is 4.00. The van der Waals surface area contributed by atoms with Crippen LogP contribution in [0.5, 0.6) is 0 Å². The lowest BCUT2D eigenvalue weighted by Gasteiger charge is -2.10. The molecule has 1 aliphatic carbocycles. The fourth-order valence-corrected chi connectivity index (χ4v) is 4.16. The molecular formula is C20H20FNO3S. The second kappa shape index (κ2) is 7.83. The number of benzene rings is 1. The molecule has 0 fully saturated rings. The van der Waals surface area contributed by atoms with Gasteiger partial charge in [-0.2, -0.15) is 0 Å². The molecule has 4 nitrogen and oxygen atoms in total. The quantitative estimate of drug-likeness (QED) is 0.616. The van der Waals surface area contributed by atoms with Gasteiger partial charge in [0.2, 0.25) is 5.91 Å². The van der Waals surface area contributed by atoms with Crippen molar-refractivity contribution in [1.82, 2.24) is 0 Å². The minimum Gasteiger partial charge on any atom is -0.459 e. The van der Waals surface area contributed by atoms with E-state index in [4.69, 9.17) is 4.74 Å². The second-order valence-corrected chi connectivity index (χ2v) is 7.49. The zero-order valence-corrected chi connectivity index (χ0v) is 15.5. The Bertz CT molecular complexity index is 853. The maximum absolute atomic E-state index is 12.9. The van der Waals surface area contributed by atoms with E-state index >= 15 is 0 Å².